The Labute approximate surface area is 106 Å². The first kappa shape index (κ1) is 14.4. The number of halogens is 2. The maximum Gasteiger partial charge on any atom is 0.141 e. The number of likely N-dealkylation sites (N-methyl/N-ethyl adjacent to an activating group) is 1. The predicted molar refractivity (Wildman–Crippen MR) is 67.7 cm³/mol. The number of methoxy groups -OCH3 is 1. The Bertz CT molecular complexity index is 362. The van der Waals surface area contributed by atoms with Crippen LogP contribution in [0.3, 0.4) is 0 Å². The van der Waals surface area contributed by atoms with E-state index in [2.05, 4.69) is 4.90 Å². The zero-order chi connectivity index (χ0) is 12.8. The van der Waals surface area contributed by atoms with E-state index in [0.29, 0.717) is 13.2 Å². The standard InChI is InChI=1S/C12H18ClFN2O/c1-16(5-6-17-2)12(8-15)9-3-4-11(14)10(13)7-9/h3-4,7,12H,5-6,8,15H2,1-2H3. The van der Waals surface area contributed by atoms with Crippen LogP contribution in [-0.2, 0) is 4.74 Å². The molecule has 96 valence electrons. The highest BCUT2D eigenvalue weighted by molar-refractivity contribution is 6.30. The molecule has 0 heterocycles. The fourth-order valence-corrected chi connectivity index (χ4v) is 1.87. The Balaban J connectivity index is 2.81. The third-order valence-corrected chi connectivity index (χ3v) is 3.02. The largest absolute Gasteiger partial charge is 0.383 e. The lowest BCUT2D eigenvalue weighted by molar-refractivity contribution is 0.140. The molecule has 0 aromatic heterocycles. The molecule has 0 aliphatic rings. The van der Waals surface area contributed by atoms with Gasteiger partial charge < -0.3 is 10.5 Å². The molecule has 0 fully saturated rings. The summed E-state index contributed by atoms with van der Waals surface area (Å²) in [6.07, 6.45) is 0. The first-order valence-corrected chi connectivity index (χ1v) is 5.82. The average molecular weight is 261 g/mol. The number of hydrogen-bond donors (Lipinski definition) is 1. The number of benzene rings is 1. The number of nitrogens with two attached hydrogens (primary N) is 1. The van der Waals surface area contributed by atoms with Gasteiger partial charge >= 0.3 is 0 Å². The molecule has 1 aromatic carbocycles. The van der Waals surface area contributed by atoms with Crippen molar-refractivity contribution in [3.05, 3.63) is 34.6 Å². The summed E-state index contributed by atoms with van der Waals surface area (Å²) in [5, 5.41) is 0.126. The molecular formula is C12H18ClFN2O. The van der Waals surface area contributed by atoms with Crippen LogP contribution in [0.5, 0.6) is 0 Å². The van der Waals surface area contributed by atoms with Gasteiger partial charge in [-0.25, -0.2) is 4.39 Å². The molecule has 0 spiro atoms. The van der Waals surface area contributed by atoms with E-state index in [0.717, 1.165) is 12.1 Å². The number of ether oxygens (including phenoxy) is 1. The molecule has 0 saturated heterocycles. The zero-order valence-electron chi connectivity index (χ0n) is 10.1. The lowest BCUT2D eigenvalue weighted by Gasteiger charge is -2.27. The molecule has 1 unspecified atom stereocenters. The maximum atomic E-state index is 13.1. The highest BCUT2D eigenvalue weighted by Gasteiger charge is 2.16. The molecule has 0 radical (unpaired) electrons. The van der Waals surface area contributed by atoms with Crippen molar-refractivity contribution in [2.24, 2.45) is 5.73 Å². The third-order valence-electron chi connectivity index (χ3n) is 2.73. The lowest BCUT2D eigenvalue weighted by atomic mass is 10.1. The van der Waals surface area contributed by atoms with Crippen LogP contribution in [0.15, 0.2) is 18.2 Å². The Morgan fingerprint density at radius 3 is 2.76 bits per heavy atom. The molecular weight excluding hydrogens is 243 g/mol. The van der Waals surface area contributed by atoms with Crippen molar-refractivity contribution in [3.8, 4) is 0 Å². The molecule has 0 aliphatic carbocycles. The first-order chi connectivity index (χ1) is 8.10. The van der Waals surface area contributed by atoms with Crippen molar-refractivity contribution in [1.82, 2.24) is 4.90 Å². The second kappa shape index (κ2) is 6.91. The second-order valence-corrected chi connectivity index (χ2v) is 4.31. The van der Waals surface area contributed by atoms with Gasteiger partial charge in [0, 0.05) is 26.2 Å². The highest BCUT2D eigenvalue weighted by Crippen LogP contribution is 2.23. The van der Waals surface area contributed by atoms with E-state index in [1.54, 1.807) is 19.2 Å². The average Bonchev–Trinajstić information content (AvgIpc) is 2.32. The van der Waals surface area contributed by atoms with Crippen molar-refractivity contribution < 1.29 is 9.13 Å². The van der Waals surface area contributed by atoms with E-state index in [4.69, 9.17) is 22.1 Å². The maximum absolute atomic E-state index is 13.1. The van der Waals surface area contributed by atoms with Gasteiger partial charge in [-0.3, -0.25) is 4.90 Å². The first-order valence-electron chi connectivity index (χ1n) is 5.44. The number of rotatable bonds is 6. The number of hydrogen-bond acceptors (Lipinski definition) is 3. The molecule has 2 N–H and O–H groups in total. The smallest absolute Gasteiger partial charge is 0.141 e. The van der Waals surface area contributed by atoms with Crippen LogP contribution in [0.4, 0.5) is 4.39 Å². The van der Waals surface area contributed by atoms with E-state index >= 15 is 0 Å². The van der Waals surface area contributed by atoms with Crippen LogP contribution in [0.1, 0.15) is 11.6 Å². The normalized spacial score (nSPS) is 13.1. The Morgan fingerprint density at radius 2 is 2.24 bits per heavy atom. The van der Waals surface area contributed by atoms with E-state index in [-0.39, 0.29) is 11.1 Å². The van der Waals surface area contributed by atoms with Gasteiger partial charge in [-0.05, 0) is 24.7 Å². The van der Waals surface area contributed by atoms with Crippen molar-refractivity contribution in [3.63, 3.8) is 0 Å². The van der Waals surface area contributed by atoms with Gasteiger partial charge in [-0.2, -0.15) is 0 Å². The Morgan fingerprint density at radius 1 is 1.53 bits per heavy atom. The van der Waals surface area contributed by atoms with Crippen LogP contribution in [0.2, 0.25) is 5.02 Å². The van der Waals surface area contributed by atoms with E-state index < -0.39 is 5.82 Å². The minimum absolute atomic E-state index is 0.0169. The number of nitrogens with zero attached hydrogens (tertiary/aromatic N) is 1. The molecule has 3 nitrogen and oxygen atoms in total. The van der Waals surface area contributed by atoms with Gasteiger partial charge in [-0.15, -0.1) is 0 Å². The Hall–Kier alpha value is -0.680. The summed E-state index contributed by atoms with van der Waals surface area (Å²) in [4.78, 5) is 2.06. The van der Waals surface area contributed by atoms with Crippen LogP contribution >= 0.6 is 11.6 Å². The lowest BCUT2D eigenvalue weighted by Crippen LogP contribution is -2.32. The minimum Gasteiger partial charge on any atom is -0.383 e. The summed E-state index contributed by atoms with van der Waals surface area (Å²) in [7, 11) is 3.61. The highest BCUT2D eigenvalue weighted by atomic mass is 35.5. The summed E-state index contributed by atoms with van der Waals surface area (Å²) in [5.41, 5.74) is 6.66. The molecule has 1 aromatic rings. The van der Waals surface area contributed by atoms with Crippen LogP contribution in [-0.4, -0.2) is 38.8 Å². The summed E-state index contributed by atoms with van der Waals surface area (Å²) in [6, 6.07) is 4.72. The van der Waals surface area contributed by atoms with Gasteiger partial charge in [0.1, 0.15) is 5.82 Å². The fourth-order valence-electron chi connectivity index (χ4n) is 1.68. The summed E-state index contributed by atoms with van der Waals surface area (Å²) >= 11 is 5.76. The minimum atomic E-state index is -0.411. The van der Waals surface area contributed by atoms with Crippen molar-refractivity contribution in [2.75, 3.05) is 33.9 Å². The van der Waals surface area contributed by atoms with Crippen LogP contribution in [0.25, 0.3) is 0 Å². The van der Waals surface area contributed by atoms with E-state index in [1.165, 1.54) is 6.07 Å². The fraction of sp³-hybridized carbons (Fsp3) is 0.500. The van der Waals surface area contributed by atoms with Crippen LogP contribution < -0.4 is 5.73 Å². The quantitative estimate of drug-likeness (QED) is 0.851. The molecule has 0 bridgehead atoms. The third kappa shape index (κ3) is 3.92. The van der Waals surface area contributed by atoms with E-state index in [9.17, 15) is 4.39 Å². The molecule has 1 rings (SSSR count). The van der Waals surface area contributed by atoms with Crippen molar-refractivity contribution in [2.45, 2.75) is 6.04 Å². The SMILES string of the molecule is COCCN(C)C(CN)c1ccc(F)c(Cl)c1. The summed E-state index contributed by atoms with van der Waals surface area (Å²) in [5.74, 6) is -0.411. The summed E-state index contributed by atoms with van der Waals surface area (Å²) < 4.78 is 18.1. The Kier molecular flexibility index (Phi) is 5.85. The van der Waals surface area contributed by atoms with Gasteiger partial charge in [-0.1, -0.05) is 17.7 Å². The van der Waals surface area contributed by atoms with E-state index in [1.807, 2.05) is 7.05 Å². The van der Waals surface area contributed by atoms with Crippen molar-refractivity contribution >= 4 is 11.6 Å². The van der Waals surface area contributed by atoms with Gasteiger partial charge in [0.25, 0.3) is 0 Å². The van der Waals surface area contributed by atoms with Gasteiger partial charge in [0.2, 0.25) is 0 Å². The second-order valence-electron chi connectivity index (χ2n) is 3.90. The van der Waals surface area contributed by atoms with Gasteiger partial charge in [0.15, 0.2) is 0 Å². The topological polar surface area (TPSA) is 38.5 Å². The zero-order valence-corrected chi connectivity index (χ0v) is 10.9. The molecule has 5 heteroatoms. The summed E-state index contributed by atoms with van der Waals surface area (Å²) in [6.45, 7) is 1.83. The molecule has 1 atom stereocenters. The molecule has 0 aliphatic heterocycles. The molecule has 0 saturated carbocycles. The van der Waals surface area contributed by atoms with Crippen LogP contribution in [0, 0.1) is 5.82 Å². The predicted octanol–water partition coefficient (Wildman–Crippen LogP) is 2.06. The monoisotopic (exact) mass is 260 g/mol. The van der Waals surface area contributed by atoms with Crippen molar-refractivity contribution in [1.29, 1.82) is 0 Å². The van der Waals surface area contributed by atoms with Gasteiger partial charge in [0.05, 0.1) is 11.6 Å². The molecule has 17 heavy (non-hydrogen) atoms. The molecule has 0 amide bonds.